The van der Waals surface area contributed by atoms with E-state index < -0.39 is 0 Å². The summed E-state index contributed by atoms with van der Waals surface area (Å²) in [7, 11) is 0. The van der Waals surface area contributed by atoms with Gasteiger partial charge < -0.3 is 9.80 Å². The molecule has 0 radical (unpaired) electrons. The Balaban J connectivity index is 1.42. The average Bonchev–Trinajstić information content (AvgIpc) is 3.53. The van der Waals surface area contributed by atoms with Crippen molar-refractivity contribution < 1.29 is 0 Å². The number of hydrogen-bond donors (Lipinski definition) is 0. The molecule has 6 aromatic rings. The molecule has 0 saturated carbocycles. The van der Waals surface area contributed by atoms with Crippen molar-refractivity contribution >= 4 is 78.0 Å². The van der Waals surface area contributed by atoms with E-state index in [-0.39, 0.29) is 39.2 Å². The average molecular weight is 825 g/mol. The summed E-state index contributed by atoms with van der Waals surface area (Å²) in [6.45, 7) is 40.5. The minimum absolute atomic E-state index is 0.00316. The fourth-order valence-electron chi connectivity index (χ4n) is 10.4. The van der Waals surface area contributed by atoms with E-state index >= 15 is 0 Å². The Hall–Kier alpha value is -4.28. The minimum Gasteiger partial charge on any atom is -0.311 e. The van der Waals surface area contributed by atoms with Gasteiger partial charge in [0.2, 0.25) is 0 Å². The van der Waals surface area contributed by atoms with Crippen molar-refractivity contribution in [3.63, 3.8) is 0 Å². The smallest absolute Gasteiger partial charge is 0.264 e. The number of anilines is 6. The number of nitrogens with zero attached hydrogens (tertiary/aromatic N) is 2. The van der Waals surface area contributed by atoms with Gasteiger partial charge in [-0.3, -0.25) is 0 Å². The maximum atomic E-state index is 2.69. The first-order valence-electron chi connectivity index (χ1n) is 22.9. The van der Waals surface area contributed by atoms with Crippen LogP contribution in [0.4, 0.5) is 34.1 Å². The lowest BCUT2D eigenvalue weighted by molar-refractivity contribution is 0.332. The quantitative estimate of drug-likeness (QED) is 0.160. The molecule has 0 spiro atoms. The molecule has 3 heterocycles. The highest BCUT2D eigenvalue weighted by atomic mass is 32.1. The lowest BCUT2D eigenvalue weighted by Gasteiger charge is -2.45. The summed E-state index contributed by atoms with van der Waals surface area (Å²) in [6, 6.07) is 34.7. The first-order valence-corrected chi connectivity index (χ1v) is 23.7. The van der Waals surface area contributed by atoms with E-state index in [0.29, 0.717) is 0 Å². The lowest BCUT2D eigenvalue weighted by atomic mass is 9.36. The highest BCUT2D eigenvalue weighted by Crippen LogP contribution is 2.52. The van der Waals surface area contributed by atoms with Crippen LogP contribution in [-0.2, 0) is 32.5 Å². The predicted molar refractivity (Wildman–Crippen MR) is 271 cm³/mol. The molecule has 2 aliphatic heterocycles. The van der Waals surface area contributed by atoms with Crippen molar-refractivity contribution in [1.29, 1.82) is 0 Å². The van der Waals surface area contributed by atoms with Crippen LogP contribution < -0.4 is 25.5 Å². The number of thiophene rings is 1. The van der Waals surface area contributed by atoms with E-state index in [0.717, 1.165) is 0 Å². The summed E-state index contributed by atoms with van der Waals surface area (Å²) < 4.78 is 2.82. The topological polar surface area (TPSA) is 6.48 Å². The zero-order valence-corrected chi connectivity index (χ0v) is 41.2. The number of fused-ring (bicyclic) bond motifs is 7. The molecular formula is C57H69BN2S. The van der Waals surface area contributed by atoms with Gasteiger partial charge in [0, 0.05) is 43.3 Å². The van der Waals surface area contributed by atoms with E-state index in [9.17, 15) is 0 Å². The van der Waals surface area contributed by atoms with Gasteiger partial charge in [-0.2, -0.15) is 0 Å². The summed E-state index contributed by atoms with van der Waals surface area (Å²) in [5.74, 6) is 0. The van der Waals surface area contributed by atoms with Crippen LogP contribution >= 0.6 is 11.3 Å². The summed E-state index contributed by atoms with van der Waals surface area (Å²) in [4.78, 5) is 5.33. The van der Waals surface area contributed by atoms with Crippen LogP contribution in [0.25, 0.3) is 10.1 Å². The fourth-order valence-corrected chi connectivity index (χ4v) is 11.8. The Bertz CT molecular complexity index is 2740. The van der Waals surface area contributed by atoms with Gasteiger partial charge in [-0.05, 0) is 151 Å². The SMILES string of the molecule is Cc1cc2c3c(c1)N(c1ccc4c(c1)C(C)(C)CCC4(C)C)c1c(sc4cc(C(C)(C)C)ccc14)B3c1cc(C(C)(C)C)ccc1N2c1cc(C(C)(C)C)cc(C(C)(C)C)c1. The lowest BCUT2D eigenvalue weighted by Crippen LogP contribution is -2.60. The molecule has 9 rings (SSSR count). The van der Waals surface area contributed by atoms with Gasteiger partial charge in [0.15, 0.2) is 0 Å². The Kier molecular flexibility index (Phi) is 9.22. The Morgan fingerprint density at radius 2 is 1.05 bits per heavy atom. The summed E-state index contributed by atoms with van der Waals surface area (Å²) in [5.41, 5.74) is 20.6. The first-order chi connectivity index (χ1) is 28.1. The third kappa shape index (κ3) is 6.81. The van der Waals surface area contributed by atoms with Gasteiger partial charge in [0.25, 0.3) is 6.71 Å². The minimum atomic E-state index is -0.0111. The van der Waals surface area contributed by atoms with Gasteiger partial charge in [0.1, 0.15) is 0 Å². The number of rotatable bonds is 2. The Morgan fingerprint density at radius 3 is 1.64 bits per heavy atom. The largest absolute Gasteiger partial charge is 0.311 e. The van der Waals surface area contributed by atoms with Crippen LogP contribution in [0.3, 0.4) is 0 Å². The van der Waals surface area contributed by atoms with Crippen molar-refractivity contribution in [2.24, 2.45) is 0 Å². The monoisotopic (exact) mass is 825 g/mol. The van der Waals surface area contributed by atoms with E-state index in [1.165, 1.54) is 112 Å². The van der Waals surface area contributed by atoms with Gasteiger partial charge in [-0.1, -0.05) is 147 Å². The summed E-state index contributed by atoms with van der Waals surface area (Å²) >= 11 is 2.03. The molecule has 5 aromatic carbocycles. The van der Waals surface area contributed by atoms with Crippen LogP contribution in [0.2, 0.25) is 0 Å². The molecule has 0 unspecified atom stereocenters. The van der Waals surface area contributed by atoms with Crippen molar-refractivity contribution in [3.05, 3.63) is 124 Å². The van der Waals surface area contributed by atoms with Crippen molar-refractivity contribution in [2.75, 3.05) is 9.80 Å². The molecule has 0 N–H and O–H groups in total. The van der Waals surface area contributed by atoms with Crippen LogP contribution in [0.5, 0.6) is 0 Å². The van der Waals surface area contributed by atoms with E-state index in [4.69, 9.17) is 0 Å². The van der Waals surface area contributed by atoms with Gasteiger partial charge in [0.05, 0.1) is 5.69 Å². The molecule has 1 aromatic heterocycles. The molecule has 1 aliphatic carbocycles. The van der Waals surface area contributed by atoms with E-state index in [1.807, 2.05) is 11.3 Å². The molecular weight excluding hydrogens is 756 g/mol. The third-order valence-electron chi connectivity index (χ3n) is 14.5. The zero-order chi connectivity index (χ0) is 44.1. The number of aryl methyl sites for hydroxylation is 1. The van der Waals surface area contributed by atoms with E-state index in [2.05, 4.69) is 212 Å². The van der Waals surface area contributed by atoms with Crippen LogP contribution in [0.1, 0.15) is 163 Å². The molecule has 0 saturated heterocycles. The molecule has 0 bridgehead atoms. The Morgan fingerprint density at radius 1 is 0.508 bits per heavy atom. The second kappa shape index (κ2) is 13.4. The van der Waals surface area contributed by atoms with Crippen LogP contribution in [-0.4, -0.2) is 6.71 Å². The van der Waals surface area contributed by atoms with Gasteiger partial charge in [-0.15, -0.1) is 11.3 Å². The van der Waals surface area contributed by atoms with Gasteiger partial charge in [-0.25, -0.2) is 0 Å². The fraction of sp³-hybridized carbons (Fsp3) is 0.439. The van der Waals surface area contributed by atoms with Crippen molar-refractivity contribution in [3.8, 4) is 0 Å². The van der Waals surface area contributed by atoms with E-state index in [1.54, 1.807) is 0 Å². The van der Waals surface area contributed by atoms with Crippen molar-refractivity contribution in [2.45, 2.75) is 163 Å². The molecule has 0 fully saturated rings. The summed E-state index contributed by atoms with van der Waals surface area (Å²) in [6.07, 6.45) is 2.39. The Labute approximate surface area is 372 Å². The maximum Gasteiger partial charge on any atom is 0.264 e. The molecule has 0 atom stereocenters. The normalized spacial score (nSPS) is 17.0. The molecule has 4 heteroatoms. The molecule has 61 heavy (non-hydrogen) atoms. The predicted octanol–water partition coefficient (Wildman–Crippen LogP) is 14.8. The first kappa shape index (κ1) is 42.0. The van der Waals surface area contributed by atoms with Crippen LogP contribution in [0, 0.1) is 6.92 Å². The third-order valence-corrected chi connectivity index (χ3v) is 15.7. The second-order valence-corrected chi connectivity index (χ2v) is 25.5. The second-order valence-electron chi connectivity index (χ2n) is 24.4. The zero-order valence-electron chi connectivity index (χ0n) is 40.4. The molecule has 3 aliphatic rings. The highest BCUT2D eigenvalue weighted by Gasteiger charge is 2.47. The maximum absolute atomic E-state index is 2.69. The molecule has 0 amide bonds. The summed E-state index contributed by atoms with van der Waals surface area (Å²) in [5, 5.41) is 1.35. The van der Waals surface area contributed by atoms with Gasteiger partial charge >= 0.3 is 0 Å². The number of hydrogen-bond acceptors (Lipinski definition) is 3. The van der Waals surface area contributed by atoms with Crippen LogP contribution in [0.15, 0.2) is 84.9 Å². The highest BCUT2D eigenvalue weighted by molar-refractivity contribution is 7.33. The molecule has 316 valence electrons. The molecule has 2 nitrogen and oxygen atoms in total. The van der Waals surface area contributed by atoms with Crippen molar-refractivity contribution in [1.82, 2.24) is 0 Å². The standard InChI is InChI=1S/C57H69BN2S/c1-34-26-46-49-47(27-34)60(39-20-22-42-43(33-39)57(16,17)25-24-56(42,14)15)50-41-21-18-36(53(5,6)7)32-48(41)61-51(50)58(49)44-31-35(52(2,3)4)19-23-45(44)59(46)40-29-37(54(8,9)10)28-38(30-40)55(11,12)13/h18-23,26-33H,24-25H2,1-17H3. The number of benzene rings is 5.